The summed E-state index contributed by atoms with van der Waals surface area (Å²) in [5.74, 6) is 1.55. The van der Waals surface area contributed by atoms with E-state index in [-0.39, 0.29) is 0 Å². The summed E-state index contributed by atoms with van der Waals surface area (Å²) >= 11 is 1.43. The van der Waals surface area contributed by atoms with E-state index in [1.807, 2.05) is 23.6 Å². The van der Waals surface area contributed by atoms with Crippen molar-refractivity contribution >= 4 is 33.7 Å². The highest BCUT2D eigenvalue weighted by atomic mass is 32.1. The molecule has 1 aliphatic heterocycles. The molecule has 0 saturated heterocycles. The molecular formula is C18H12N8OS. The Hall–Kier alpha value is -3.92. The predicted molar refractivity (Wildman–Crippen MR) is 103 cm³/mol. The summed E-state index contributed by atoms with van der Waals surface area (Å²) in [6.07, 6.45) is 11.6. The molecule has 0 bridgehead atoms. The summed E-state index contributed by atoms with van der Waals surface area (Å²) in [4.78, 5) is 32.4. The van der Waals surface area contributed by atoms with Crippen LogP contribution in [0.2, 0.25) is 0 Å². The average Bonchev–Trinajstić information content (AvgIpc) is 3.43. The van der Waals surface area contributed by atoms with Crippen molar-refractivity contribution < 1.29 is 4.84 Å². The number of thiazole rings is 1. The Kier molecular flexibility index (Phi) is 4.07. The van der Waals surface area contributed by atoms with E-state index in [9.17, 15) is 0 Å². The number of aromatic nitrogens is 6. The Morgan fingerprint density at radius 2 is 1.71 bits per heavy atom. The van der Waals surface area contributed by atoms with Gasteiger partial charge in [-0.05, 0) is 18.2 Å². The van der Waals surface area contributed by atoms with Crippen molar-refractivity contribution in [2.45, 2.75) is 0 Å². The molecule has 4 aromatic heterocycles. The molecule has 5 heterocycles. The van der Waals surface area contributed by atoms with Gasteiger partial charge in [0, 0.05) is 42.6 Å². The predicted octanol–water partition coefficient (Wildman–Crippen LogP) is 2.82. The zero-order valence-electron chi connectivity index (χ0n) is 14.3. The molecule has 0 radical (unpaired) electrons. The zero-order valence-corrected chi connectivity index (χ0v) is 15.1. The monoisotopic (exact) mass is 388 g/mol. The molecule has 0 atom stereocenters. The van der Waals surface area contributed by atoms with Crippen LogP contribution in [0.4, 0.5) is 10.9 Å². The number of hydrogen-bond acceptors (Lipinski definition) is 10. The van der Waals surface area contributed by atoms with E-state index in [0.29, 0.717) is 33.9 Å². The third-order valence-corrected chi connectivity index (χ3v) is 4.54. The van der Waals surface area contributed by atoms with Crippen molar-refractivity contribution in [1.29, 1.82) is 0 Å². The van der Waals surface area contributed by atoms with Crippen molar-refractivity contribution in [1.82, 2.24) is 29.9 Å². The number of nitrogens with zero attached hydrogens (tertiary/aromatic N) is 8. The molecule has 136 valence electrons. The van der Waals surface area contributed by atoms with Crippen molar-refractivity contribution in [3.8, 4) is 0 Å². The highest BCUT2D eigenvalue weighted by Crippen LogP contribution is 2.41. The molecule has 28 heavy (non-hydrogen) atoms. The van der Waals surface area contributed by atoms with Gasteiger partial charge in [-0.1, -0.05) is 11.2 Å². The van der Waals surface area contributed by atoms with Crippen LogP contribution in [-0.4, -0.2) is 29.9 Å². The van der Waals surface area contributed by atoms with Gasteiger partial charge in [0.25, 0.3) is 0 Å². The van der Waals surface area contributed by atoms with Gasteiger partial charge in [0.05, 0.1) is 6.20 Å². The lowest BCUT2D eigenvalue weighted by Gasteiger charge is -2.26. The average molecular weight is 388 g/mol. The lowest BCUT2D eigenvalue weighted by molar-refractivity contribution is 0.260. The molecular weight excluding hydrogens is 376 g/mol. The van der Waals surface area contributed by atoms with Crippen LogP contribution in [0.15, 0.2) is 73.0 Å². The molecule has 0 spiro atoms. The Labute approximate surface area is 163 Å². The maximum absolute atomic E-state index is 6.19. The molecule has 0 N–H and O–H groups in total. The van der Waals surface area contributed by atoms with Gasteiger partial charge in [-0.15, -0.1) is 11.3 Å². The summed E-state index contributed by atoms with van der Waals surface area (Å²) in [7, 11) is 0. The molecule has 0 aliphatic carbocycles. The highest BCUT2D eigenvalue weighted by Gasteiger charge is 2.39. The van der Waals surface area contributed by atoms with Crippen LogP contribution in [0.5, 0.6) is 0 Å². The number of rotatable bonds is 4. The van der Waals surface area contributed by atoms with E-state index < -0.39 is 0 Å². The van der Waals surface area contributed by atoms with Gasteiger partial charge in [-0.2, -0.15) is 5.01 Å². The molecule has 0 amide bonds. The lowest BCUT2D eigenvalue weighted by Crippen LogP contribution is -2.37. The number of hydrazine groups is 1. The first kappa shape index (κ1) is 16.3. The Bertz CT molecular complexity index is 1090. The number of hydrogen-bond donors (Lipinski definition) is 0. The van der Waals surface area contributed by atoms with Crippen LogP contribution >= 0.6 is 11.3 Å². The molecule has 9 nitrogen and oxygen atoms in total. The van der Waals surface area contributed by atoms with Crippen molar-refractivity contribution in [3.05, 3.63) is 84.5 Å². The Balaban J connectivity index is 1.75. The van der Waals surface area contributed by atoms with Crippen LogP contribution < -0.4 is 10.2 Å². The number of pyridine rings is 1. The molecule has 4 aromatic rings. The van der Waals surface area contributed by atoms with Crippen LogP contribution in [-0.2, 0) is 4.84 Å². The van der Waals surface area contributed by atoms with Gasteiger partial charge in [-0.25, -0.2) is 24.9 Å². The summed E-state index contributed by atoms with van der Waals surface area (Å²) < 4.78 is 0. The number of anilines is 2. The minimum absolute atomic E-state index is 0.458. The van der Waals surface area contributed by atoms with Gasteiger partial charge in [0.15, 0.2) is 17.3 Å². The minimum Gasteiger partial charge on any atom is -0.352 e. The Morgan fingerprint density at radius 3 is 2.43 bits per heavy atom. The maximum Gasteiger partial charge on any atom is 0.244 e. The third-order valence-electron chi connectivity index (χ3n) is 3.81. The first-order valence-corrected chi connectivity index (χ1v) is 9.16. The summed E-state index contributed by atoms with van der Waals surface area (Å²) in [5, 5.41) is 5.83. The maximum atomic E-state index is 6.19. The van der Waals surface area contributed by atoms with E-state index in [0.717, 1.165) is 0 Å². The van der Waals surface area contributed by atoms with E-state index in [1.54, 1.807) is 59.6 Å². The zero-order chi connectivity index (χ0) is 18.8. The van der Waals surface area contributed by atoms with E-state index >= 15 is 0 Å². The normalized spacial score (nSPS) is 13.7. The lowest BCUT2D eigenvalue weighted by atomic mass is 10.2. The van der Waals surface area contributed by atoms with Gasteiger partial charge in [0.2, 0.25) is 10.9 Å². The largest absolute Gasteiger partial charge is 0.352 e. The van der Waals surface area contributed by atoms with E-state index in [4.69, 9.17) is 4.84 Å². The second kappa shape index (κ2) is 7.00. The molecule has 0 saturated carbocycles. The fourth-order valence-corrected chi connectivity index (χ4v) is 3.26. The summed E-state index contributed by atoms with van der Waals surface area (Å²) in [6.45, 7) is 0. The fourth-order valence-electron chi connectivity index (χ4n) is 2.68. The molecule has 0 fully saturated rings. The van der Waals surface area contributed by atoms with Crippen molar-refractivity contribution in [2.24, 2.45) is 0 Å². The smallest absolute Gasteiger partial charge is 0.244 e. The van der Waals surface area contributed by atoms with Crippen LogP contribution in [0.1, 0.15) is 11.5 Å². The fraction of sp³-hybridized carbons (Fsp3) is 0. The second-order valence-corrected chi connectivity index (χ2v) is 6.39. The Morgan fingerprint density at radius 1 is 0.821 bits per heavy atom. The molecule has 0 aromatic carbocycles. The van der Waals surface area contributed by atoms with Crippen LogP contribution in [0.3, 0.4) is 0 Å². The quantitative estimate of drug-likeness (QED) is 0.523. The molecule has 0 unspecified atom stereocenters. The van der Waals surface area contributed by atoms with Crippen LogP contribution in [0.25, 0.3) is 11.5 Å². The SMILES string of the molecule is c1ccc(N2C(c3ncccn3)=C(c3cnccn3)ON2c2nccs2)nc1. The van der Waals surface area contributed by atoms with Crippen LogP contribution in [0, 0.1) is 0 Å². The first-order valence-electron chi connectivity index (χ1n) is 8.28. The van der Waals surface area contributed by atoms with Crippen molar-refractivity contribution in [2.75, 3.05) is 10.2 Å². The van der Waals surface area contributed by atoms with Crippen molar-refractivity contribution in [3.63, 3.8) is 0 Å². The topological polar surface area (TPSA) is 93.0 Å². The van der Waals surface area contributed by atoms with Gasteiger partial charge in [0.1, 0.15) is 5.69 Å². The summed E-state index contributed by atoms with van der Waals surface area (Å²) in [6, 6.07) is 7.37. The van der Waals surface area contributed by atoms with Gasteiger partial charge < -0.3 is 4.84 Å². The standard InChI is InChI=1S/C18H12N8OS/c1-2-5-21-14(4-1)25-15(17-22-6-3-7-23-17)16(13-12-19-8-9-20-13)27-26(25)18-24-10-11-28-18/h1-12H. The highest BCUT2D eigenvalue weighted by molar-refractivity contribution is 7.13. The first-order chi connectivity index (χ1) is 13.9. The molecule has 10 heteroatoms. The molecule has 1 aliphatic rings. The minimum atomic E-state index is 0.458. The molecule has 5 rings (SSSR count). The summed E-state index contributed by atoms with van der Waals surface area (Å²) in [5.41, 5.74) is 1.14. The van der Waals surface area contributed by atoms with Gasteiger partial charge in [-0.3, -0.25) is 4.98 Å². The third kappa shape index (κ3) is 2.81. The second-order valence-electron chi connectivity index (χ2n) is 5.52. The van der Waals surface area contributed by atoms with E-state index in [1.165, 1.54) is 11.3 Å². The van der Waals surface area contributed by atoms with E-state index in [2.05, 4.69) is 29.9 Å². The van der Waals surface area contributed by atoms with Gasteiger partial charge >= 0.3 is 0 Å².